The van der Waals surface area contributed by atoms with Crippen molar-refractivity contribution < 1.29 is 13.2 Å². The fourth-order valence-corrected chi connectivity index (χ4v) is 5.34. The van der Waals surface area contributed by atoms with E-state index in [1.807, 2.05) is 4.90 Å². The second-order valence-corrected chi connectivity index (χ2v) is 9.28. The minimum Gasteiger partial charge on any atom is -0.339 e. The lowest BCUT2D eigenvalue weighted by atomic mass is 10.0. The van der Waals surface area contributed by atoms with Crippen LogP contribution in [0.4, 0.5) is 0 Å². The molecule has 0 bridgehead atoms. The first-order chi connectivity index (χ1) is 12.0. The van der Waals surface area contributed by atoms with Crippen LogP contribution >= 0.6 is 0 Å². The number of benzene rings is 1. The Labute approximate surface area is 151 Å². The van der Waals surface area contributed by atoms with Gasteiger partial charge in [-0.1, -0.05) is 19.8 Å². The van der Waals surface area contributed by atoms with Crippen molar-refractivity contribution in [3.63, 3.8) is 0 Å². The van der Waals surface area contributed by atoms with Crippen LogP contribution in [-0.2, 0) is 10.0 Å². The molecule has 1 aromatic carbocycles. The average molecular weight is 365 g/mol. The lowest BCUT2D eigenvalue weighted by Gasteiger charge is -2.30. The number of hydrogen-bond donors (Lipinski definition) is 0. The molecule has 2 heterocycles. The molecule has 0 aromatic heterocycles. The quantitative estimate of drug-likeness (QED) is 0.828. The van der Waals surface area contributed by atoms with E-state index in [2.05, 4.69) is 6.92 Å². The third kappa shape index (κ3) is 4.23. The van der Waals surface area contributed by atoms with Crippen molar-refractivity contribution in [1.29, 1.82) is 0 Å². The zero-order chi connectivity index (χ0) is 17.9. The van der Waals surface area contributed by atoms with Crippen molar-refractivity contribution in [3.8, 4) is 0 Å². The topological polar surface area (TPSA) is 57.7 Å². The highest BCUT2D eigenvalue weighted by atomic mass is 32.2. The number of nitrogens with zero attached hydrogens (tertiary/aromatic N) is 2. The molecule has 1 unspecified atom stereocenters. The van der Waals surface area contributed by atoms with Gasteiger partial charge in [0.15, 0.2) is 0 Å². The highest BCUT2D eigenvalue weighted by Gasteiger charge is 2.28. The molecule has 2 aliphatic heterocycles. The SMILES string of the molecule is CC1CCCN(S(=O)(=O)c2ccc(C(=O)N3CCCCCC3)cc2)C1. The molecule has 2 aliphatic rings. The van der Waals surface area contributed by atoms with Crippen LogP contribution in [0.2, 0.25) is 0 Å². The van der Waals surface area contributed by atoms with Gasteiger partial charge in [0, 0.05) is 31.7 Å². The summed E-state index contributed by atoms with van der Waals surface area (Å²) in [5, 5.41) is 0. The highest BCUT2D eigenvalue weighted by Crippen LogP contribution is 2.24. The van der Waals surface area contributed by atoms with Gasteiger partial charge in [-0.05, 0) is 55.9 Å². The van der Waals surface area contributed by atoms with Gasteiger partial charge in [0.2, 0.25) is 10.0 Å². The Morgan fingerprint density at radius 1 is 0.960 bits per heavy atom. The molecule has 1 amide bonds. The van der Waals surface area contributed by atoms with E-state index >= 15 is 0 Å². The van der Waals surface area contributed by atoms with Gasteiger partial charge in [0.25, 0.3) is 5.91 Å². The molecule has 0 spiro atoms. The van der Waals surface area contributed by atoms with E-state index < -0.39 is 10.0 Å². The summed E-state index contributed by atoms with van der Waals surface area (Å²) in [6, 6.07) is 6.49. The summed E-state index contributed by atoms with van der Waals surface area (Å²) in [4.78, 5) is 14.8. The Balaban J connectivity index is 1.74. The van der Waals surface area contributed by atoms with Gasteiger partial charge >= 0.3 is 0 Å². The van der Waals surface area contributed by atoms with Crippen molar-refractivity contribution in [2.75, 3.05) is 26.2 Å². The number of carbonyl (C=O) groups excluding carboxylic acids is 1. The lowest BCUT2D eigenvalue weighted by molar-refractivity contribution is 0.0761. The minimum absolute atomic E-state index is 0.0115. The minimum atomic E-state index is -3.46. The smallest absolute Gasteiger partial charge is 0.253 e. The van der Waals surface area contributed by atoms with Crippen LogP contribution in [0.1, 0.15) is 55.8 Å². The van der Waals surface area contributed by atoms with Crippen LogP contribution < -0.4 is 0 Å². The lowest BCUT2D eigenvalue weighted by Crippen LogP contribution is -2.39. The van der Waals surface area contributed by atoms with Gasteiger partial charge in [-0.25, -0.2) is 8.42 Å². The van der Waals surface area contributed by atoms with Crippen LogP contribution in [-0.4, -0.2) is 49.7 Å². The molecule has 1 atom stereocenters. The number of hydrogen-bond acceptors (Lipinski definition) is 3. The number of likely N-dealkylation sites (tertiary alicyclic amines) is 1. The Kier molecular flexibility index (Phi) is 5.79. The molecule has 0 N–H and O–H groups in total. The first kappa shape index (κ1) is 18.4. The summed E-state index contributed by atoms with van der Waals surface area (Å²) >= 11 is 0. The molecule has 138 valence electrons. The van der Waals surface area contributed by atoms with E-state index in [1.165, 1.54) is 12.8 Å². The number of carbonyl (C=O) groups is 1. The number of sulfonamides is 1. The second-order valence-electron chi connectivity index (χ2n) is 7.34. The normalized spacial score (nSPS) is 23.2. The Morgan fingerprint density at radius 3 is 2.20 bits per heavy atom. The largest absolute Gasteiger partial charge is 0.339 e. The van der Waals surface area contributed by atoms with Crippen LogP contribution in [0, 0.1) is 5.92 Å². The molecular formula is C19H28N2O3S. The predicted octanol–water partition coefficient (Wildman–Crippen LogP) is 3.12. The molecule has 6 heteroatoms. The zero-order valence-corrected chi connectivity index (χ0v) is 15.8. The van der Waals surface area contributed by atoms with Crippen LogP contribution in [0.3, 0.4) is 0 Å². The van der Waals surface area contributed by atoms with Crippen LogP contribution in [0.25, 0.3) is 0 Å². The summed E-state index contributed by atoms with van der Waals surface area (Å²) < 4.78 is 27.2. The van der Waals surface area contributed by atoms with Crippen molar-refractivity contribution in [1.82, 2.24) is 9.21 Å². The monoisotopic (exact) mass is 364 g/mol. The maximum atomic E-state index is 12.8. The van der Waals surface area contributed by atoms with Crippen LogP contribution in [0.5, 0.6) is 0 Å². The summed E-state index contributed by atoms with van der Waals surface area (Å²) in [5.41, 5.74) is 0.577. The summed E-state index contributed by atoms with van der Waals surface area (Å²) in [7, 11) is -3.46. The summed E-state index contributed by atoms with van der Waals surface area (Å²) in [6.45, 7) is 4.84. The zero-order valence-electron chi connectivity index (χ0n) is 15.0. The van der Waals surface area contributed by atoms with Gasteiger partial charge in [0.05, 0.1) is 4.90 Å². The van der Waals surface area contributed by atoms with Crippen LogP contribution in [0.15, 0.2) is 29.2 Å². The van der Waals surface area contributed by atoms with E-state index in [0.29, 0.717) is 24.6 Å². The van der Waals surface area contributed by atoms with Crippen molar-refractivity contribution in [3.05, 3.63) is 29.8 Å². The number of piperidine rings is 1. The first-order valence-electron chi connectivity index (χ1n) is 9.38. The Bertz CT molecular complexity index is 692. The molecular weight excluding hydrogens is 336 g/mol. The van der Waals surface area contributed by atoms with Gasteiger partial charge in [0.1, 0.15) is 0 Å². The van der Waals surface area contributed by atoms with Crippen molar-refractivity contribution >= 4 is 15.9 Å². The molecule has 2 fully saturated rings. The highest BCUT2D eigenvalue weighted by molar-refractivity contribution is 7.89. The van der Waals surface area contributed by atoms with E-state index in [9.17, 15) is 13.2 Å². The Morgan fingerprint density at radius 2 is 1.60 bits per heavy atom. The molecule has 1 aromatic rings. The van der Waals surface area contributed by atoms with E-state index in [1.54, 1.807) is 28.6 Å². The third-order valence-electron chi connectivity index (χ3n) is 5.25. The molecule has 25 heavy (non-hydrogen) atoms. The predicted molar refractivity (Wildman–Crippen MR) is 98.0 cm³/mol. The standard InChI is InChI=1S/C19H28N2O3S/c1-16-7-6-14-21(15-16)25(23,24)18-10-8-17(9-11-18)19(22)20-12-4-2-3-5-13-20/h8-11,16H,2-7,12-15H2,1H3. The molecule has 0 radical (unpaired) electrons. The maximum absolute atomic E-state index is 12.8. The van der Waals surface area contributed by atoms with Gasteiger partial charge in [-0.3, -0.25) is 4.79 Å². The summed E-state index contributed by atoms with van der Waals surface area (Å²) in [5.74, 6) is 0.407. The van der Waals surface area contributed by atoms with Crippen molar-refractivity contribution in [2.24, 2.45) is 5.92 Å². The molecule has 5 nitrogen and oxygen atoms in total. The molecule has 2 saturated heterocycles. The van der Waals surface area contributed by atoms with E-state index in [4.69, 9.17) is 0 Å². The number of rotatable bonds is 3. The first-order valence-corrected chi connectivity index (χ1v) is 10.8. The molecule has 0 saturated carbocycles. The second kappa shape index (κ2) is 7.87. The third-order valence-corrected chi connectivity index (χ3v) is 7.13. The average Bonchev–Trinajstić information content (AvgIpc) is 2.90. The fourth-order valence-electron chi connectivity index (χ4n) is 3.74. The Hall–Kier alpha value is -1.40. The molecule has 0 aliphatic carbocycles. The van der Waals surface area contributed by atoms with Gasteiger partial charge in [-0.15, -0.1) is 0 Å². The van der Waals surface area contributed by atoms with Crippen molar-refractivity contribution in [2.45, 2.75) is 50.3 Å². The van der Waals surface area contributed by atoms with Gasteiger partial charge in [-0.2, -0.15) is 4.31 Å². The number of amides is 1. The summed E-state index contributed by atoms with van der Waals surface area (Å²) in [6.07, 6.45) is 6.43. The van der Waals surface area contributed by atoms with Gasteiger partial charge < -0.3 is 4.90 Å². The maximum Gasteiger partial charge on any atom is 0.253 e. The van der Waals surface area contributed by atoms with E-state index in [0.717, 1.165) is 38.8 Å². The van der Waals surface area contributed by atoms with E-state index in [-0.39, 0.29) is 10.8 Å². The molecule has 3 rings (SSSR count). The fraction of sp³-hybridized carbons (Fsp3) is 0.632.